The Hall–Kier alpha value is -1.11. The summed E-state index contributed by atoms with van der Waals surface area (Å²) in [6, 6.07) is 3.78. The molecule has 0 saturated carbocycles. The molecule has 1 unspecified atom stereocenters. The highest BCUT2D eigenvalue weighted by molar-refractivity contribution is 9.10. The van der Waals surface area contributed by atoms with Gasteiger partial charge in [0.2, 0.25) is 0 Å². The van der Waals surface area contributed by atoms with Gasteiger partial charge in [0.25, 0.3) is 0 Å². The molecule has 1 aromatic heterocycles. The second kappa shape index (κ2) is 5.90. The van der Waals surface area contributed by atoms with Crippen LogP contribution in [0.25, 0.3) is 10.6 Å². The SMILES string of the molecule is COc1cc(Br)c(-c2ncc(C(C)N)s2)cc1OC. The molecule has 1 atom stereocenters. The third kappa shape index (κ3) is 2.91. The van der Waals surface area contributed by atoms with Gasteiger partial charge in [0.1, 0.15) is 5.01 Å². The van der Waals surface area contributed by atoms with E-state index in [1.54, 1.807) is 25.6 Å². The summed E-state index contributed by atoms with van der Waals surface area (Å²) in [5.41, 5.74) is 6.83. The molecule has 0 aliphatic carbocycles. The normalized spacial score (nSPS) is 12.3. The van der Waals surface area contributed by atoms with Crippen LogP contribution in [0.3, 0.4) is 0 Å². The predicted octanol–water partition coefficient (Wildman–Crippen LogP) is 3.61. The molecule has 0 bridgehead atoms. The number of nitrogens with zero attached hydrogens (tertiary/aromatic N) is 1. The van der Waals surface area contributed by atoms with Crippen molar-refractivity contribution in [1.82, 2.24) is 4.98 Å². The van der Waals surface area contributed by atoms with Crippen molar-refractivity contribution in [1.29, 1.82) is 0 Å². The van der Waals surface area contributed by atoms with Gasteiger partial charge >= 0.3 is 0 Å². The average Bonchev–Trinajstić information content (AvgIpc) is 2.87. The van der Waals surface area contributed by atoms with Gasteiger partial charge in [-0.3, -0.25) is 0 Å². The summed E-state index contributed by atoms with van der Waals surface area (Å²) in [5.74, 6) is 1.36. The second-order valence-corrected chi connectivity index (χ2v) is 5.96. The van der Waals surface area contributed by atoms with Crippen molar-refractivity contribution in [2.75, 3.05) is 14.2 Å². The van der Waals surface area contributed by atoms with E-state index in [0.29, 0.717) is 11.5 Å². The Morgan fingerprint density at radius 1 is 1.26 bits per heavy atom. The van der Waals surface area contributed by atoms with E-state index in [0.717, 1.165) is 19.9 Å². The van der Waals surface area contributed by atoms with Crippen molar-refractivity contribution in [3.8, 4) is 22.1 Å². The number of aromatic nitrogens is 1. The van der Waals surface area contributed by atoms with Crippen LogP contribution in [0, 0.1) is 0 Å². The molecule has 0 aliphatic heterocycles. The fourth-order valence-corrected chi connectivity index (χ4v) is 3.18. The molecule has 2 aromatic rings. The Morgan fingerprint density at radius 2 is 1.89 bits per heavy atom. The van der Waals surface area contributed by atoms with Crippen molar-refractivity contribution in [2.45, 2.75) is 13.0 Å². The Balaban J connectivity index is 2.49. The molecule has 6 heteroatoms. The number of hydrogen-bond donors (Lipinski definition) is 1. The van der Waals surface area contributed by atoms with Crippen LogP contribution < -0.4 is 15.2 Å². The average molecular weight is 343 g/mol. The lowest BCUT2D eigenvalue weighted by atomic mass is 10.2. The Kier molecular flexibility index (Phi) is 4.44. The van der Waals surface area contributed by atoms with E-state index in [-0.39, 0.29) is 6.04 Å². The van der Waals surface area contributed by atoms with Crippen molar-refractivity contribution in [3.05, 3.63) is 27.7 Å². The van der Waals surface area contributed by atoms with E-state index < -0.39 is 0 Å². The number of benzene rings is 1. The second-order valence-electron chi connectivity index (χ2n) is 4.04. The van der Waals surface area contributed by atoms with E-state index in [1.807, 2.05) is 25.3 Å². The number of ether oxygens (including phenoxy) is 2. The molecular formula is C13H15BrN2O2S. The lowest BCUT2D eigenvalue weighted by Gasteiger charge is -2.10. The van der Waals surface area contributed by atoms with Crippen LogP contribution in [-0.4, -0.2) is 19.2 Å². The first-order valence-electron chi connectivity index (χ1n) is 5.70. The van der Waals surface area contributed by atoms with Crippen molar-refractivity contribution in [2.24, 2.45) is 5.73 Å². The van der Waals surface area contributed by atoms with E-state index >= 15 is 0 Å². The minimum Gasteiger partial charge on any atom is -0.493 e. The summed E-state index contributed by atoms with van der Waals surface area (Å²) in [6.45, 7) is 1.95. The summed E-state index contributed by atoms with van der Waals surface area (Å²) in [7, 11) is 3.23. The smallest absolute Gasteiger partial charge is 0.161 e. The zero-order valence-electron chi connectivity index (χ0n) is 10.9. The number of rotatable bonds is 4. The Bertz CT molecular complexity index is 584. The molecule has 0 aliphatic rings. The van der Waals surface area contributed by atoms with Gasteiger partial charge in [0, 0.05) is 27.2 Å². The minimum atomic E-state index is -0.00910. The highest BCUT2D eigenvalue weighted by atomic mass is 79.9. The molecule has 19 heavy (non-hydrogen) atoms. The number of nitrogens with two attached hydrogens (primary N) is 1. The van der Waals surface area contributed by atoms with Crippen LogP contribution in [0.2, 0.25) is 0 Å². The van der Waals surface area contributed by atoms with Crippen LogP contribution in [-0.2, 0) is 0 Å². The molecule has 0 spiro atoms. The van der Waals surface area contributed by atoms with Gasteiger partial charge in [0.15, 0.2) is 11.5 Å². The zero-order valence-corrected chi connectivity index (χ0v) is 13.3. The van der Waals surface area contributed by atoms with Gasteiger partial charge in [-0.2, -0.15) is 0 Å². The van der Waals surface area contributed by atoms with Crippen LogP contribution >= 0.6 is 27.3 Å². The van der Waals surface area contributed by atoms with Gasteiger partial charge in [-0.15, -0.1) is 11.3 Å². The highest BCUT2D eigenvalue weighted by Gasteiger charge is 2.14. The maximum Gasteiger partial charge on any atom is 0.161 e. The van der Waals surface area contributed by atoms with E-state index in [1.165, 1.54) is 0 Å². The summed E-state index contributed by atoms with van der Waals surface area (Å²) >= 11 is 5.11. The van der Waals surface area contributed by atoms with Crippen LogP contribution in [0.4, 0.5) is 0 Å². The predicted molar refractivity (Wildman–Crippen MR) is 81.0 cm³/mol. The Morgan fingerprint density at radius 3 is 2.42 bits per heavy atom. The van der Waals surface area contributed by atoms with Gasteiger partial charge in [-0.1, -0.05) is 0 Å². The molecule has 2 rings (SSSR count). The Labute approximate surface area is 124 Å². The highest BCUT2D eigenvalue weighted by Crippen LogP contribution is 2.40. The number of hydrogen-bond acceptors (Lipinski definition) is 5. The van der Waals surface area contributed by atoms with Gasteiger partial charge in [-0.05, 0) is 35.0 Å². The maximum atomic E-state index is 5.86. The molecule has 1 heterocycles. The third-order valence-electron chi connectivity index (χ3n) is 2.68. The van der Waals surface area contributed by atoms with E-state index in [9.17, 15) is 0 Å². The van der Waals surface area contributed by atoms with Crippen molar-refractivity contribution >= 4 is 27.3 Å². The molecule has 2 N–H and O–H groups in total. The number of halogens is 1. The largest absolute Gasteiger partial charge is 0.493 e. The zero-order chi connectivity index (χ0) is 14.0. The number of methoxy groups -OCH3 is 2. The molecule has 102 valence electrons. The van der Waals surface area contributed by atoms with Gasteiger partial charge in [-0.25, -0.2) is 4.98 Å². The van der Waals surface area contributed by atoms with Gasteiger partial charge < -0.3 is 15.2 Å². The fourth-order valence-electron chi connectivity index (χ4n) is 1.64. The fraction of sp³-hybridized carbons (Fsp3) is 0.308. The molecule has 4 nitrogen and oxygen atoms in total. The van der Waals surface area contributed by atoms with Crippen molar-refractivity contribution in [3.63, 3.8) is 0 Å². The topological polar surface area (TPSA) is 57.4 Å². The lowest BCUT2D eigenvalue weighted by molar-refractivity contribution is 0.355. The summed E-state index contributed by atoms with van der Waals surface area (Å²) in [5, 5.41) is 0.903. The lowest BCUT2D eigenvalue weighted by Crippen LogP contribution is -2.01. The summed E-state index contributed by atoms with van der Waals surface area (Å²) in [4.78, 5) is 5.46. The first-order chi connectivity index (χ1) is 9.06. The first-order valence-corrected chi connectivity index (χ1v) is 7.31. The number of thiazole rings is 1. The molecule has 0 fully saturated rings. The molecule has 0 amide bonds. The summed E-state index contributed by atoms with van der Waals surface area (Å²) < 4.78 is 11.5. The summed E-state index contributed by atoms with van der Waals surface area (Å²) in [6.07, 6.45) is 1.81. The molecule has 1 aromatic carbocycles. The molecule has 0 radical (unpaired) electrons. The molecule has 0 saturated heterocycles. The third-order valence-corrected chi connectivity index (χ3v) is 4.56. The standard InChI is InChI=1S/C13H15BrN2O2S/c1-7(15)12-6-16-13(19-12)8-4-10(17-2)11(18-3)5-9(8)14/h4-7H,15H2,1-3H3. The van der Waals surface area contributed by atoms with Gasteiger partial charge in [0.05, 0.1) is 14.2 Å². The van der Waals surface area contributed by atoms with Crippen LogP contribution in [0.15, 0.2) is 22.8 Å². The van der Waals surface area contributed by atoms with E-state index in [4.69, 9.17) is 15.2 Å². The van der Waals surface area contributed by atoms with E-state index in [2.05, 4.69) is 20.9 Å². The quantitative estimate of drug-likeness (QED) is 0.921. The first kappa shape index (κ1) is 14.3. The molecular weight excluding hydrogens is 328 g/mol. The van der Waals surface area contributed by atoms with Crippen LogP contribution in [0.5, 0.6) is 11.5 Å². The van der Waals surface area contributed by atoms with Crippen molar-refractivity contribution < 1.29 is 9.47 Å². The minimum absolute atomic E-state index is 0.00910. The monoisotopic (exact) mass is 342 g/mol. The maximum absolute atomic E-state index is 5.86. The van der Waals surface area contributed by atoms with Crippen LogP contribution in [0.1, 0.15) is 17.8 Å².